The van der Waals surface area contributed by atoms with Crippen LogP contribution in [-0.4, -0.2) is 43.5 Å². The number of benzene rings is 3. The highest BCUT2D eigenvalue weighted by Crippen LogP contribution is 2.38. The average Bonchev–Trinajstić information content (AvgIpc) is 3.51. The Labute approximate surface area is 267 Å². The number of hydrogen-bond acceptors (Lipinski definition) is 7. The fourth-order valence-electron chi connectivity index (χ4n) is 5.80. The van der Waals surface area contributed by atoms with Gasteiger partial charge in [-0.05, 0) is 75.6 Å². The molecule has 0 unspecified atom stereocenters. The van der Waals surface area contributed by atoms with Crippen LogP contribution in [0.1, 0.15) is 62.5 Å². The molecule has 3 aromatic carbocycles. The number of rotatable bonds is 7. The quantitative estimate of drug-likeness (QED) is 0.188. The van der Waals surface area contributed by atoms with Crippen LogP contribution in [0.4, 0.5) is 17.1 Å². The molecule has 2 N–H and O–H groups in total. The summed E-state index contributed by atoms with van der Waals surface area (Å²) in [6.45, 7) is 8.83. The lowest BCUT2D eigenvalue weighted by Crippen LogP contribution is -2.46. The topological polar surface area (TPSA) is 94.7 Å². The van der Waals surface area contributed by atoms with Crippen molar-refractivity contribution in [1.82, 2.24) is 24.9 Å². The second-order valence-electron chi connectivity index (χ2n) is 12.1. The first-order valence-electron chi connectivity index (χ1n) is 14.7. The first kappa shape index (κ1) is 29.9. The van der Waals surface area contributed by atoms with Crippen molar-refractivity contribution in [1.29, 1.82) is 5.26 Å². The number of anilines is 3. The zero-order chi connectivity index (χ0) is 30.8. The number of nitriles is 1. The van der Waals surface area contributed by atoms with Crippen molar-refractivity contribution in [2.24, 2.45) is 0 Å². The first-order chi connectivity index (χ1) is 21.2. The summed E-state index contributed by atoms with van der Waals surface area (Å²) >= 11 is 13.0. The third-order valence-electron chi connectivity index (χ3n) is 8.21. The van der Waals surface area contributed by atoms with Crippen molar-refractivity contribution in [2.45, 2.75) is 51.2 Å². The van der Waals surface area contributed by atoms with Gasteiger partial charge < -0.3 is 10.6 Å². The van der Waals surface area contributed by atoms with Crippen LogP contribution in [-0.2, 0) is 0 Å². The van der Waals surface area contributed by atoms with Gasteiger partial charge in [0.15, 0.2) is 0 Å². The number of aromatic nitrogens is 4. The zero-order valence-electron chi connectivity index (χ0n) is 24.9. The van der Waals surface area contributed by atoms with E-state index in [0.29, 0.717) is 32.5 Å². The summed E-state index contributed by atoms with van der Waals surface area (Å²) in [6.07, 6.45) is 5.66. The number of hydrogen-bond donors (Lipinski definition) is 2. The summed E-state index contributed by atoms with van der Waals surface area (Å²) in [6, 6.07) is 23.3. The molecule has 0 spiro atoms. The third kappa shape index (κ3) is 6.36. The molecular formula is C34H34Cl2N8. The molecule has 8 nitrogen and oxygen atoms in total. The highest BCUT2D eigenvalue weighted by Gasteiger charge is 2.29. The molecule has 5 aromatic rings. The van der Waals surface area contributed by atoms with Gasteiger partial charge >= 0.3 is 0 Å². The van der Waals surface area contributed by atoms with Crippen molar-refractivity contribution < 1.29 is 0 Å². The highest BCUT2D eigenvalue weighted by atomic mass is 35.5. The molecule has 1 saturated heterocycles. The summed E-state index contributed by atoms with van der Waals surface area (Å²) < 4.78 is 2.01. The van der Waals surface area contributed by atoms with Gasteiger partial charge in [0.1, 0.15) is 11.8 Å². The zero-order valence-corrected chi connectivity index (χ0v) is 26.4. The van der Waals surface area contributed by atoms with E-state index in [4.69, 9.17) is 28.2 Å². The number of piperidine rings is 1. The summed E-state index contributed by atoms with van der Waals surface area (Å²) in [7, 11) is 0. The molecule has 224 valence electrons. The summed E-state index contributed by atoms with van der Waals surface area (Å²) in [5.74, 6) is 0. The normalized spacial score (nSPS) is 15.2. The van der Waals surface area contributed by atoms with Crippen LogP contribution in [0.15, 0.2) is 79.1 Å². The minimum atomic E-state index is -0.361. The SMILES string of the molecule is CC(C)(C)N1CCC(n2cc([C@@H](Nc3cc(Cl)cc4c(Nc5ccccc5)c(C#N)cnc34)c3ccc(Cl)cc3)nn2)CC1. The first-order valence-corrected chi connectivity index (χ1v) is 15.5. The standard InChI is InChI=1S/C34H34Cl2N8/c1-34(2,3)43-15-13-27(14-16-43)44-21-30(41-42-44)32(22-9-11-24(35)12-10-22)40-29-18-25(36)17-28-31(23(19-37)20-38-33(28)29)39-26-7-5-4-6-8-26/h4-12,17-18,20-21,27,32,40H,13-16H2,1-3H3,(H,38,39)/t32-/m0/s1. The summed E-state index contributed by atoms with van der Waals surface area (Å²) in [5.41, 5.74) is 5.20. The number of likely N-dealkylation sites (tertiary alicyclic amines) is 1. The molecule has 0 saturated carbocycles. The van der Waals surface area contributed by atoms with Gasteiger partial charge in [-0.3, -0.25) is 9.88 Å². The fourth-order valence-corrected chi connectivity index (χ4v) is 6.15. The molecule has 1 atom stereocenters. The number of para-hydroxylation sites is 1. The predicted octanol–water partition coefficient (Wildman–Crippen LogP) is 8.39. The van der Waals surface area contributed by atoms with Crippen LogP contribution in [0.2, 0.25) is 10.0 Å². The molecular weight excluding hydrogens is 591 g/mol. The molecule has 0 radical (unpaired) electrons. The van der Waals surface area contributed by atoms with Crippen molar-refractivity contribution in [3.8, 4) is 6.07 Å². The molecule has 1 aliphatic heterocycles. The van der Waals surface area contributed by atoms with Gasteiger partial charge in [0.2, 0.25) is 0 Å². The Morgan fingerprint density at radius 2 is 1.70 bits per heavy atom. The van der Waals surface area contributed by atoms with E-state index < -0.39 is 0 Å². The molecule has 0 bridgehead atoms. The monoisotopic (exact) mass is 624 g/mol. The molecule has 3 heterocycles. The van der Waals surface area contributed by atoms with Crippen molar-refractivity contribution in [3.05, 3.63) is 106 Å². The van der Waals surface area contributed by atoms with Crippen LogP contribution in [0.3, 0.4) is 0 Å². The third-order valence-corrected chi connectivity index (χ3v) is 8.68. The molecule has 0 amide bonds. The number of halogens is 2. The Hall–Kier alpha value is -4.16. The van der Waals surface area contributed by atoms with Gasteiger partial charge in [-0.25, -0.2) is 4.68 Å². The lowest BCUT2D eigenvalue weighted by molar-refractivity contribution is 0.0866. The molecule has 1 fully saturated rings. The lowest BCUT2D eigenvalue weighted by Gasteiger charge is -2.40. The van der Waals surface area contributed by atoms with E-state index >= 15 is 0 Å². The summed E-state index contributed by atoms with van der Waals surface area (Å²) in [4.78, 5) is 7.23. The smallest absolute Gasteiger partial charge is 0.109 e. The number of nitrogens with zero attached hydrogens (tertiary/aromatic N) is 6. The minimum absolute atomic E-state index is 0.153. The van der Waals surface area contributed by atoms with E-state index in [1.54, 1.807) is 6.20 Å². The summed E-state index contributed by atoms with van der Waals surface area (Å²) in [5, 5.41) is 28.1. The second-order valence-corrected chi connectivity index (χ2v) is 13.0. The molecule has 44 heavy (non-hydrogen) atoms. The van der Waals surface area contributed by atoms with Crippen molar-refractivity contribution >= 4 is 51.2 Å². The predicted molar refractivity (Wildman–Crippen MR) is 178 cm³/mol. The van der Waals surface area contributed by atoms with Gasteiger partial charge in [-0.15, -0.1) is 5.10 Å². The van der Waals surface area contributed by atoms with Gasteiger partial charge in [0.25, 0.3) is 0 Å². The van der Waals surface area contributed by atoms with Crippen LogP contribution in [0.25, 0.3) is 10.9 Å². The van der Waals surface area contributed by atoms with Crippen molar-refractivity contribution in [2.75, 3.05) is 23.7 Å². The van der Waals surface area contributed by atoms with E-state index in [2.05, 4.69) is 52.7 Å². The van der Waals surface area contributed by atoms with E-state index in [0.717, 1.165) is 48.3 Å². The molecule has 6 rings (SSSR count). The molecule has 0 aliphatic carbocycles. The van der Waals surface area contributed by atoms with Gasteiger partial charge in [-0.1, -0.05) is 58.7 Å². The highest BCUT2D eigenvalue weighted by molar-refractivity contribution is 6.32. The molecule has 1 aliphatic rings. The van der Waals surface area contributed by atoms with Gasteiger partial charge in [-0.2, -0.15) is 5.26 Å². The maximum Gasteiger partial charge on any atom is 0.109 e. The Morgan fingerprint density at radius 1 is 0.977 bits per heavy atom. The Balaban J connectivity index is 1.37. The largest absolute Gasteiger partial charge is 0.371 e. The maximum atomic E-state index is 9.91. The van der Waals surface area contributed by atoms with Crippen LogP contribution < -0.4 is 10.6 Å². The average molecular weight is 626 g/mol. The number of fused-ring (bicyclic) bond motifs is 1. The van der Waals surface area contributed by atoms with Gasteiger partial charge in [0.05, 0.1) is 40.7 Å². The Morgan fingerprint density at radius 3 is 2.39 bits per heavy atom. The van der Waals surface area contributed by atoms with Gasteiger partial charge in [0, 0.05) is 45.9 Å². The number of nitrogens with one attached hydrogen (secondary N) is 2. The Bertz CT molecular complexity index is 1800. The lowest BCUT2D eigenvalue weighted by atomic mass is 9.98. The van der Waals surface area contributed by atoms with Crippen molar-refractivity contribution in [3.63, 3.8) is 0 Å². The maximum absolute atomic E-state index is 9.91. The number of pyridine rings is 1. The molecule has 10 heteroatoms. The van der Waals surface area contributed by atoms with E-state index in [1.165, 1.54) is 0 Å². The van der Waals surface area contributed by atoms with Crippen LogP contribution in [0, 0.1) is 11.3 Å². The minimum Gasteiger partial charge on any atom is -0.371 e. The Kier molecular flexibility index (Phi) is 8.46. The molecule has 2 aromatic heterocycles. The fraction of sp³-hybridized carbons (Fsp3) is 0.294. The second kappa shape index (κ2) is 12.4. The van der Waals surface area contributed by atoms with Crippen LogP contribution in [0.5, 0.6) is 0 Å². The van der Waals surface area contributed by atoms with E-state index in [9.17, 15) is 5.26 Å². The van der Waals surface area contributed by atoms with E-state index in [-0.39, 0.29) is 17.6 Å². The van der Waals surface area contributed by atoms with Crippen LogP contribution >= 0.6 is 23.2 Å². The van der Waals surface area contributed by atoms with E-state index in [1.807, 2.05) is 77.6 Å².